The molecular weight excluding hydrogens is 398 g/mol. The van der Waals surface area contributed by atoms with Crippen molar-refractivity contribution in [2.75, 3.05) is 19.8 Å². The van der Waals surface area contributed by atoms with Gasteiger partial charge in [0.1, 0.15) is 17.9 Å². The van der Waals surface area contributed by atoms with Crippen LogP contribution >= 0.6 is 0 Å². The van der Waals surface area contributed by atoms with Crippen LogP contribution in [0.2, 0.25) is 0 Å². The lowest BCUT2D eigenvalue weighted by atomic mass is 10.0. The van der Waals surface area contributed by atoms with Crippen molar-refractivity contribution in [2.45, 2.75) is 13.8 Å². The molecule has 2 heterocycles. The molecule has 8 nitrogen and oxygen atoms in total. The Balaban J connectivity index is 1.65. The summed E-state index contributed by atoms with van der Waals surface area (Å²) in [4.78, 5) is 37.5. The lowest BCUT2D eigenvalue weighted by Gasteiger charge is -2.11. The van der Waals surface area contributed by atoms with E-state index in [-0.39, 0.29) is 18.7 Å². The molecule has 158 valence electrons. The van der Waals surface area contributed by atoms with Crippen LogP contribution in [0.25, 0.3) is 16.9 Å². The zero-order valence-electron chi connectivity index (χ0n) is 17.2. The summed E-state index contributed by atoms with van der Waals surface area (Å²) in [6.07, 6.45) is 0.856. The van der Waals surface area contributed by atoms with Crippen molar-refractivity contribution < 1.29 is 23.9 Å². The predicted octanol–water partition coefficient (Wildman–Crippen LogP) is 3.29. The van der Waals surface area contributed by atoms with Crippen LogP contribution in [0, 0.1) is 13.8 Å². The third kappa shape index (κ3) is 4.18. The molecule has 2 amide bonds. The number of benzene rings is 2. The molecular formula is C23H21N3O5. The molecule has 0 radical (unpaired) electrons. The second-order valence-corrected chi connectivity index (χ2v) is 7.23. The molecule has 0 bridgehead atoms. The summed E-state index contributed by atoms with van der Waals surface area (Å²) in [5, 5.41) is 4.63. The number of rotatable bonds is 5. The van der Waals surface area contributed by atoms with Crippen LogP contribution in [0.3, 0.4) is 0 Å². The molecule has 1 fully saturated rings. The molecule has 1 saturated heterocycles. The highest BCUT2D eigenvalue weighted by Crippen LogP contribution is 2.28. The van der Waals surface area contributed by atoms with Crippen LogP contribution in [0.4, 0.5) is 4.79 Å². The number of nitrogens with zero attached hydrogens (tertiary/aromatic N) is 3. The molecule has 8 heteroatoms. The highest BCUT2D eigenvalue weighted by molar-refractivity contribution is 5.99. The first kappa shape index (κ1) is 20.3. The van der Waals surface area contributed by atoms with Gasteiger partial charge in [0.05, 0.1) is 12.2 Å². The fourth-order valence-corrected chi connectivity index (χ4v) is 3.42. The van der Waals surface area contributed by atoms with Crippen LogP contribution in [0.5, 0.6) is 0 Å². The van der Waals surface area contributed by atoms with E-state index in [1.54, 1.807) is 10.9 Å². The third-order valence-electron chi connectivity index (χ3n) is 4.98. The van der Waals surface area contributed by atoms with Gasteiger partial charge in [-0.1, -0.05) is 42.0 Å². The quantitative estimate of drug-likeness (QED) is 0.590. The van der Waals surface area contributed by atoms with E-state index in [1.165, 1.54) is 0 Å². The normalized spacial score (nSPS) is 13.2. The van der Waals surface area contributed by atoms with Crippen LogP contribution in [-0.4, -0.2) is 52.4 Å². The third-order valence-corrected chi connectivity index (χ3v) is 4.98. The zero-order valence-corrected chi connectivity index (χ0v) is 17.2. The van der Waals surface area contributed by atoms with Gasteiger partial charge in [0, 0.05) is 11.8 Å². The number of ether oxygens (including phenoxy) is 2. The maximum atomic E-state index is 12.9. The van der Waals surface area contributed by atoms with Gasteiger partial charge in [-0.15, -0.1) is 0 Å². The van der Waals surface area contributed by atoms with Crippen molar-refractivity contribution in [1.29, 1.82) is 0 Å². The fourth-order valence-electron chi connectivity index (χ4n) is 3.42. The van der Waals surface area contributed by atoms with Crippen molar-refractivity contribution in [1.82, 2.24) is 14.7 Å². The minimum absolute atomic E-state index is 0.138. The largest absolute Gasteiger partial charge is 0.452 e. The predicted molar refractivity (Wildman–Crippen MR) is 112 cm³/mol. The Morgan fingerprint density at radius 1 is 1.13 bits per heavy atom. The van der Waals surface area contributed by atoms with Crippen molar-refractivity contribution >= 4 is 18.0 Å². The summed E-state index contributed by atoms with van der Waals surface area (Å²) in [6.45, 7) is 3.66. The second-order valence-electron chi connectivity index (χ2n) is 7.23. The van der Waals surface area contributed by atoms with Crippen molar-refractivity contribution in [3.63, 3.8) is 0 Å². The Kier molecular flexibility index (Phi) is 5.53. The van der Waals surface area contributed by atoms with Crippen LogP contribution in [0.15, 0.2) is 54.7 Å². The van der Waals surface area contributed by atoms with Gasteiger partial charge in [-0.25, -0.2) is 19.2 Å². The standard InChI is InChI=1S/C23H21N3O5/c1-15-8-9-18(16(2)12-15)21-19(13-26(24-21)17-6-4-3-5-7-17)22(28)31-14-20(27)25-10-11-30-23(25)29/h3-9,12-13H,10-11,14H2,1-2H3. The molecule has 0 N–H and O–H groups in total. The molecule has 0 aliphatic carbocycles. The maximum absolute atomic E-state index is 12.9. The number of aromatic nitrogens is 2. The van der Waals surface area contributed by atoms with Gasteiger partial charge in [0.25, 0.3) is 5.91 Å². The van der Waals surface area contributed by atoms with Gasteiger partial charge in [-0.2, -0.15) is 5.10 Å². The highest BCUT2D eigenvalue weighted by atomic mass is 16.6. The molecule has 1 aliphatic heterocycles. The van der Waals surface area contributed by atoms with Crippen molar-refractivity contribution in [2.24, 2.45) is 0 Å². The number of para-hydroxylation sites is 1. The van der Waals surface area contributed by atoms with Gasteiger partial charge in [-0.05, 0) is 31.5 Å². The second kappa shape index (κ2) is 8.43. The SMILES string of the molecule is Cc1ccc(-c2nn(-c3ccccc3)cc2C(=O)OCC(=O)N2CCOC2=O)c(C)c1. The first-order valence-corrected chi connectivity index (χ1v) is 9.81. The molecule has 3 aromatic rings. The molecule has 0 atom stereocenters. The van der Waals surface area contributed by atoms with E-state index < -0.39 is 24.6 Å². The van der Waals surface area contributed by atoms with E-state index in [9.17, 15) is 14.4 Å². The van der Waals surface area contributed by atoms with Gasteiger partial charge in [-0.3, -0.25) is 4.79 Å². The van der Waals surface area contributed by atoms with E-state index in [4.69, 9.17) is 9.47 Å². The Hall–Kier alpha value is -3.94. The van der Waals surface area contributed by atoms with E-state index in [0.29, 0.717) is 5.69 Å². The van der Waals surface area contributed by atoms with Crippen LogP contribution in [-0.2, 0) is 14.3 Å². The number of cyclic esters (lactones) is 1. The molecule has 1 aliphatic rings. The average Bonchev–Trinajstić information content (AvgIpc) is 3.39. The molecule has 1 aromatic heterocycles. The number of carbonyl (C=O) groups is 3. The summed E-state index contributed by atoms with van der Waals surface area (Å²) in [7, 11) is 0. The Labute approximate surface area is 179 Å². The molecule has 0 unspecified atom stereocenters. The summed E-state index contributed by atoms with van der Waals surface area (Å²) in [6, 6.07) is 15.2. The molecule has 4 rings (SSSR count). The first-order chi connectivity index (χ1) is 14.9. The monoisotopic (exact) mass is 419 g/mol. The number of esters is 1. The number of aryl methyl sites for hydroxylation is 2. The van der Waals surface area contributed by atoms with Gasteiger partial charge in [0.15, 0.2) is 6.61 Å². The lowest BCUT2D eigenvalue weighted by molar-refractivity contribution is -0.131. The minimum atomic E-state index is -0.728. The summed E-state index contributed by atoms with van der Waals surface area (Å²) in [5.74, 6) is -1.32. The highest BCUT2D eigenvalue weighted by Gasteiger charge is 2.30. The van der Waals surface area contributed by atoms with E-state index in [0.717, 1.165) is 27.3 Å². The number of amides is 2. The average molecular weight is 419 g/mol. The summed E-state index contributed by atoms with van der Waals surface area (Å²) < 4.78 is 11.6. The van der Waals surface area contributed by atoms with E-state index in [2.05, 4.69) is 5.10 Å². The van der Waals surface area contributed by atoms with Gasteiger partial charge in [0.2, 0.25) is 0 Å². The smallest absolute Gasteiger partial charge is 0.416 e. The topological polar surface area (TPSA) is 90.7 Å². The van der Waals surface area contributed by atoms with Crippen molar-refractivity contribution in [3.8, 4) is 16.9 Å². The molecule has 31 heavy (non-hydrogen) atoms. The van der Waals surface area contributed by atoms with Crippen molar-refractivity contribution in [3.05, 3.63) is 71.4 Å². The Bertz CT molecular complexity index is 1150. The zero-order chi connectivity index (χ0) is 22.0. The number of carbonyl (C=O) groups excluding carboxylic acids is 3. The van der Waals surface area contributed by atoms with E-state index >= 15 is 0 Å². The molecule has 0 spiro atoms. The number of hydrogen-bond donors (Lipinski definition) is 0. The first-order valence-electron chi connectivity index (χ1n) is 9.81. The molecule has 2 aromatic carbocycles. The Morgan fingerprint density at radius 3 is 2.58 bits per heavy atom. The fraction of sp³-hybridized carbons (Fsp3) is 0.217. The van der Waals surface area contributed by atoms with Gasteiger partial charge >= 0.3 is 12.1 Å². The Morgan fingerprint density at radius 2 is 1.90 bits per heavy atom. The number of imide groups is 1. The summed E-state index contributed by atoms with van der Waals surface area (Å²) in [5.41, 5.74) is 4.32. The van der Waals surface area contributed by atoms with Gasteiger partial charge < -0.3 is 9.47 Å². The van der Waals surface area contributed by atoms with Crippen LogP contribution < -0.4 is 0 Å². The number of hydrogen-bond acceptors (Lipinski definition) is 6. The summed E-state index contributed by atoms with van der Waals surface area (Å²) >= 11 is 0. The van der Waals surface area contributed by atoms with Crippen LogP contribution in [0.1, 0.15) is 21.5 Å². The minimum Gasteiger partial charge on any atom is -0.452 e. The van der Waals surface area contributed by atoms with E-state index in [1.807, 2.05) is 62.4 Å². The molecule has 0 saturated carbocycles. The lowest BCUT2D eigenvalue weighted by Crippen LogP contribution is -2.35. The maximum Gasteiger partial charge on any atom is 0.416 e.